The molecule has 0 radical (unpaired) electrons. The second-order valence-corrected chi connectivity index (χ2v) is 8.01. The van der Waals surface area contributed by atoms with Crippen molar-refractivity contribution >= 4 is 10.0 Å². The first-order valence-electron chi connectivity index (χ1n) is 7.88. The van der Waals surface area contributed by atoms with Crippen molar-refractivity contribution in [1.82, 2.24) is 9.62 Å². The Hall–Kier alpha value is -0.910. The molecular weight excluding hydrogens is 284 g/mol. The molecule has 1 aromatic carbocycles. The Labute approximate surface area is 127 Å². The van der Waals surface area contributed by atoms with E-state index in [2.05, 4.69) is 16.7 Å². The lowest BCUT2D eigenvalue weighted by molar-refractivity contribution is 0.329. The molecule has 0 saturated heterocycles. The zero-order valence-corrected chi connectivity index (χ0v) is 13.5. The monoisotopic (exact) mass is 308 g/mol. The maximum absolute atomic E-state index is 12.4. The third kappa shape index (κ3) is 3.65. The van der Waals surface area contributed by atoms with Gasteiger partial charge < -0.3 is 4.90 Å². The Morgan fingerprint density at radius 3 is 2.62 bits per heavy atom. The Kier molecular flexibility index (Phi) is 4.33. The summed E-state index contributed by atoms with van der Waals surface area (Å²) in [6.07, 6.45) is 6.95. The summed E-state index contributed by atoms with van der Waals surface area (Å²) in [5.41, 5.74) is 2.52. The first-order chi connectivity index (χ1) is 10.1. The summed E-state index contributed by atoms with van der Waals surface area (Å²) in [6.45, 7) is 1.25. The molecule has 21 heavy (non-hydrogen) atoms. The fourth-order valence-electron chi connectivity index (χ4n) is 3.01. The Balaban J connectivity index is 1.63. The van der Waals surface area contributed by atoms with Crippen molar-refractivity contribution in [3.8, 4) is 0 Å². The van der Waals surface area contributed by atoms with Crippen LogP contribution in [-0.2, 0) is 22.9 Å². The average molecular weight is 308 g/mol. The summed E-state index contributed by atoms with van der Waals surface area (Å²) >= 11 is 0. The summed E-state index contributed by atoms with van der Waals surface area (Å²) in [5.74, 6) is 0. The molecule has 5 heteroatoms. The zero-order valence-electron chi connectivity index (χ0n) is 12.6. The van der Waals surface area contributed by atoms with Crippen molar-refractivity contribution in [2.24, 2.45) is 0 Å². The summed E-state index contributed by atoms with van der Waals surface area (Å²) in [4.78, 5) is 2.65. The summed E-state index contributed by atoms with van der Waals surface area (Å²) in [7, 11) is -1.31. The molecule has 1 aromatic rings. The molecule has 1 saturated carbocycles. The van der Waals surface area contributed by atoms with E-state index in [9.17, 15) is 8.42 Å². The lowest BCUT2D eigenvalue weighted by Crippen LogP contribution is -2.34. The number of benzene rings is 1. The molecule has 0 atom stereocenters. The van der Waals surface area contributed by atoms with Gasteiger partial charge in [-0.3, -0.25) is 0 Å². The van der Waals surface area contributed by atoms with Crippen molar-refractivity contribution in [2.75, 3.05) is 20.1 Å². The standard InChI is InChI=1S/C16H24N2O2S/c1-18(15-7-8-15)11-10-17-21(19,20)16-9-6-13-4-2-3-5-14(13)12-16/h6,9,12,15,17H,2-5,7-8,10-11H2,1H3. The third-order valence-corrected chi connectivity index (χ3v) is 6.02. The maximum atomic E-state index is 12.4. The van der Waals surface area contributed by atoms with E-state index in [4.69, 9.17) is 0 Å². The molecule has 0 unspecified atom stereocenters. The van der Waals surface area contributed by atoms with Gasteiger partial charge in [0.05, 0.1) is 4.90 Å². The lowest BCUT2D eigenvalue weighted by atomic mass is 9.92. The highest BCUT2D eigenvalue weighted by Crippen LogP contribution is 2.25. The van der Waals surface area contributed by atoms with E-state index in [1.165, 1.54) is 30.4 Å². The van der Waals surface area contributed by atoms with Gasteiger partial charge in [-0.05, 0) is 68.8 Å². The molecule has 4 nitrogen and oxygen atoms in total. The van der Waals surface area contributed by atoms with Gasteiger partial charge in [0.1, 0.15) is 0 Å². The number of nitrogens with zero attached hydrogens (tertiary/aromatic N) is 1. The average Bonchev–Trinajstić information content (AvgIpc) is 3.31. The normalized spacial score (nSPS) is 18.8. The predicted octanol–water partition coefficient (Wildman–Crippen LogP) is 1.94. The smallest absolute Gasteiger partial charge is 0.240 e. The van der Waals surface area contributed by atoms with E-state index >= 15 is 0 Å². The number of rotatable bonds is 6. The van der Waals surface area contributed by atoms with Gasteiger partial charge >= 0.3 is 0 Å². The predicted molar refractivity (Wildman–Crippen MR) is 83.9 cm³/mol. The lowest BCUT2D eigenvalue weighted by Gasteiger charge is -2.18. The van der Waals surface area contributed by atoms with Gasteiger partial charge in [0.15, 0.2) is 0 Å². The van der Waals surface area contributed by atoms with Crippen molar-refractivity contribution < 1.29 is 8.42 Å². The number of fused-ring (bicyclic) bond motifs is 1. The van der Waals surface area contributed by atoms with E-state index in [-0.39, 0.29) is 0 Å². The minimum atomic E-state index is -3.37. The van der Waals surface area contributed by atoms with Crippen LogP contribution in [0.3, 0.4) is 0 Å². The van der Waals surface area contributed by atoms with Gasteiger partial charge in [-0.25, -0.2) is 13.1 Å². The third-order valence-electron chi connectivity index (χ3n) is 4.56. The van der Waals surface area contributed by atoms with E-state index in [1.54, 1.807) is 6.07 Å². The van der Waals surface area contributed by atoms with Crippen LogP contribution >= 0.6 is 0 Å². The SMILES string of the molecule is CN(CCNS(=O)(=O)c1ccc2c(c1)CCCC2)C1CC1. The molecule has 1 N–H and O–H groups in total. The van der Waals surface area contributed by atoms with Crippen molar-refractivity contribution in [2.45, 2.75) is 49.5 Å². The summed E-state index contributed by atoms with van der Waals surface area (Å²) < 4.78 is 27.4. The first kappa shape index (κ1) is 15.0. The van der Waals surface area contributed by atoms with E-state index < -0.39 is 10.0 Å². The Morgan fingerprint density at radius 2 is 1.90 bits per heavy atom. The quantitative estimate of drug-likeness (QED) is 0.874. The summed E-state index contributed by atoms with van der Waals surface area (Å²) in [6, 6.07) is 6.26. The molecule has 0 aromatic heterocycles. The highest BCUT2D eigenvalue weighted by molar-refractivity contribution is 7.89. The van der Waals surface area contributed by atoms with Gasteiger partial charge in [-0.1, -0.05) is 6.07 Å². The molecular formula is C16H24N2O2S. The zero-order chi connectivity index (χ0) is 14.9. The number of aryl methyl sites for hydroxylation is 2. The molecule has 0 aliphatic heterocycles. The van der Waals surface area contributed by atoms with Gasteiger partial charge in [0.25, 0.3) is 0 Å². The molecule has 0 spiro atoms. The van der Waals surface area contributed by atoms with E-state index in [1.807, 2.05) is 12.1 Å². The van der Waals surface area contributed by atoms with Gasteiger partial charge in [-0.2, -0.15) is 0 Å². The Bertz CT molecular complexity index is 609. The minimum Gasteiger partial charge on any atom is -0.302 e. The minimum absolute atomic E-state index is 0.414. The van der Waals surface area contributed by atoms with Crippen LogP contribution in [0.1, 0.15) is 36.8 Å². The molecule has 0 bridgehead atoms. The molecule has 2 aliphatic carbocycles. The topological polar surface area (TPSA) is 49.4 Å². The van der Waals surface area contributed by atoms with Gasteiger partial charge in [0.2, 0.25) is 10.0 Å². The summed E-state index contributed by atoms with van der Waals surface area (Å²) in [5, 5.41) is 0. The molecule has 116 valence electrons. The largest absolute Gasteiger partial charge is 0.302 e. The van der Waals surface area contributed by atoms with Crippen LogP contribution in [-0.4, -0.2) is 39.5 Å². The fourth-order valence-corrected chi connectivity index (χ4v) is 4.09. The van der Waals surface area contributed by atoms with E-state index in [0.29, 0.717) is 17.5 Å². The van der Waals surface area contributed by atoms with Crippen LogP contribution < -0.4 is 4.72 Å². The van der Waals surface area contributed by atoms with Crippen LogP contribution in [0.15, 0.2) is 23.1 Å². The van der Waals surface area contributed by atoms with Crippen molar-refractivity contribution in [3.63, 3.8) is 0 Å². The fraction of sp³-hybridized carbons (Fsp3) is 0.625. The Morgan fingerprint density at radius 1 is 1.19 bits per heavy atom. The van der Waals surface area contributed by atoms with Crippen molar-refractivity contribution in [1.29, 1.82) is 0 Å². The molecule has 2 aliphatic rings. The number of hydrogen-bond donors (Lipinski definition) is 1. The van der Waals surface area contributed by atoms with Crippen LogP contribution in [0.5, 0.6) is 0 Å². The number of sulfonamides is 1. The second kappa shape index (κ2) is 6.07. The molecule has 1 fully saturated rings. The van der Waals surface area contributed by atoms with Crippen molar-refractivity contribution in [3.05, 3.63) is 29.3 Å². The van der Waals surface area contributed by atoms with Crippen LogP contribution in [0, 0.1) is 0 Å². The number of nitrogens with one attached hydrogen (secondary N) is 1. The molecule has 0 amide bonds. The van der Waals surface area contributed by atoms with E-state index in [0.717, 1.165) is 25.8 Å². The molecule has 3 rings (SSSR count). The first-order valence-corrected chi connectivity index (χ1v) is 9.36. The maximum Gasteiger partial charge on any atom is 0.240 e. The van der Waals surface area contributed by atoms with Gasteiger partial charge in [-0.15, -0.1) is 0 Å². The van der Waals surface area contributed by atoms with Crippen LogP contribution in [0.25, 0.3) is 0 Å². The highest BCUT2D eigenvalue weighted by atomic mass is 32.2. The van der Waals surface area contributed by atoms with Crippen LogP contribution in [0.2, 0.25) is 0 Å². The van der Waals surface area contributed by atoms with Crippen LogP contribution in [0.4, 0.5) is 0 Å². The number of hydrogen-bond acceptors (Lipinski definition) is 3. The number of likely N-dealkylation sites (N-methyl/N-ethyl adjacent to an activating group) is 1. The second-order valence-electron chi connectivity index (χ2n) is 6.25. The van der Waals surface area contributed by atoms with Gasteiger partial charge in [0, 0.05) is 19.1 Å². The highest BCUT2D eigenvalue weighted by Gasteiger charge is 2.26. The molecule has 0 heterocycles.